The van der Waals surface area contributed by atoms with Gasteiger partial charge in [-0.3, -0.25) is 14.9 Å². The van der Waals surface area contributed by atoms with Gasteiger partial charge in [0.2, 0.25) is 11.8 Å². The minimum Gasteiger partial charge on any atom is -0.494 e. The Morgan fingerprint density at radius 3 is 2.58 bits per heavy atom. The van der Waals surface area contributed by atoms with E-state index < -0.39 is 0 Å². The maximum Gasteiger partial charge on any atom is 0.230 e. The van der Waals surface area contributed by atoms with E-state index >= 15 is 0 Å². The Balaban J connectivity index is 1.88. The molecule has 1 heterocycles. The van der Waals surface area contributed by atoms with E-state index in [4.69, 9.17) is 4.74 Å². The van der Waals surface area contributed by atoms with Crippen LogP contribution in [0.15, 0.2) is 24.3 Å². The zero-order chi connectivity index (χ0) is 13.7. The van der Waals surface area contributed by atoms with Crippen LogP contribution in [0.4, 0.5) is 0 Å². The van der Waals surface area contributed by atoms with Gasteiger partial charge in [-0.2, -0.15) is 0 Å². The zero-order valence-electron chi connectivity index (χ0n) is 11.1. The number of benzene rings is 1. The van der Waals surface area contributed by atoms with Gasteiger partial charge in [0.1, 0.15) is 5.75 Å². The summed E-state index contributed by atoms with van der Waals surface area (Å²) in [5.74, 6) is 0.298. The van der Waals surface area contributed by atoms with Crippen molar-refractivity contribution >= 4 is 11.8 Å². The minimum absolute atomic E-state index is 0.159. The lowest BCUT2D eigenvalue weighted by Crippen LogP contribution is -2.22. The van der Waals surface area contributed by atoms with Gasteiger partial charge in [-0.15, -0.1) is 0 Å². The molecule has 0 radical (unpaired) electrons. The van der Waals surface area contributed by atoms with E-state index in [9.17, 15) is 9.59 Å². The van der Waals surface area contributed by atoms with Gasteiger partial charge in [-0.1, -0.05) is 25.5 Å². The van der Waals surface area contributed by atoms with E-state index in [-0.39, 0.29) is 17.7 Å². The first-order chi connectivity index (χ1) is 9.19. The number of carbonyl (C=O) groups excluding carboxylic acids is 2. The quantitative estimate of drug-likeness (QED) is 0.630. The molecule has 1 atom stereocenters. The first-order valence-electron chi connectivity index (χ1n) is 6.74. The maximum absolute atomic E-state index is 11.5. The molecule has 1 N–H and O–H groups in total. The molecule has 102 valence electrons. The Hall–Kier alpha value is -1.84. The lowest BCUT2D eigenvalue weighted by atomic mass is 9.98. The molecule has 19 heavy (non-hydrogen) atoms. The molecule has 0 bridgehead atoms. The molecule has 0 spiro atoms. The van der Waals surface area contributed by atoms with Gasteiger partial charge >= 0.3 is 0 Å². The summed E-state index contributed by atoms with van der Waals surface area (Å²) in [5.41, 5.74) is 1.05. The highest BCUT2D eigenvalue weighted by Crippen LogP contribution is 2.19. The van der Waals surface area contributed by atoms with Crippen LogP contribution in [0.5, 0.6) is 5.75 Å². The van der Waals surface area contributed by atoms with Crippen LogP contribution in [-0.2, 0) is 16.0 Å². The summed E-state index contributed by atoms with van der Waals surface area (Å²) in [7, 11) is 0. The minimum atomic E-state index is -0.223. The van der Waals surface area contributed by atoms with Crippen molar-refractivity contribution in [2.24, 2.45) is 5.92 Å². The maximum atomic E-state index is 11.5. The van der Waals surface area contributed by atoms with Crippen molar-refractivity contribution in [3.8, 4) is 5.75 Å². The molecule has 0 aliphatic carbocycles. The van der Waals surface area contributed by atoms with Gasteiger partial charge in [-0.25, -0.2) is 0 Å². The van der Waals surface area contributed by atoms with Crippen molar-refractivity contribution in [1.29, 1.82) is 0 Å². The topological polar surface area (TPSA) is 55.4 Å². The van der Waals surface area contributed by atoms with Gasteiger partial charge < -0.3 is 4.74 Å². The smallest absolute Gasteiger partial charge is 0.230 e. The first kappa shape index (κ1) is 13.6. The van der Waals surface area contributed by atoms with E-state index in [0.29, 0.717) is 12.8 Å². The van der Waals surface area contributed by atoms with Crippen molar-refractivity contribution in [2.75, 3.05) is 6.61 Å². The van der Waals surface area contributed by atoms with E-state index in [1.165, 1.54) is 0 Å². The molecular formula is C15H19NO3. The molecule has 1 saturated heterocycles. The van der Waals surface area contributed by atoms with Crippen LogP contribution >= 0.6 is 0 Å². The summed E-state index contributed by atoms with van der Waals surface area (Å²) in [6, 6.07) is 7.74. The van der Waals surface area contributed by atoms with Gasteiger partial charge in [0.15, 0.2) is 0 Å². The molecule has 4 heteroatoms. The summed E-state index contributed by atoms with van der Waals surface area (Å²) >= 11 is 0. The molecule has 4 nitrogen and oxygen atoms in total. The van der Waals surface area contributed by atoms with Crippen LogP contribution in [0.2, 0.25) is 0 Å². The number of rotatable bonds is 6. The molecule has 0 saturated carbocycles. The first-order valence-corrected chi connectivity index (χ1v) is 6.74. The van der Waals surface area contributed by atoms with Crippen molar-refractivity contribution in [1.82, 2.24) is 5.32 Å². The summed E-state index contributed by atoms with van der Waals surface area (Å²) in [6.07, 6.45) is 3.06. The van der Waals surface area contributed by atoms with E-state index in [1.54, 1.807) is 0 Å². The molecule has 1 aliphatic rings. The fourth-order valence-corrected chi connectivity index (χ4v) is 2.11. The normalized spacial score (nSPS) is 18.5. The Bertz CT molecular complexity index is 453. The predicted molar refractivity (Wildman–Crippen MR) is 71.8 cm³/mol. The van der Waals surface area contributed by atoms with Crippen LogP contribution in [0.3, 0.4) is 0 Å². The predicted octanol–water partition coefficient (Wildman–Crippen LogP) is 2.07. The number of nitrogens with one attached hydrogen (secondary N) is 1. The molecule has 1 aromatic carbocycles. The highest BCUT2D eigenvalue weighted by Gasteiger charge is 2.30. The van der Waals surface area contributed by atoms with Gasteiger partial charge in [0.05, 0.1) is 12.5 Å². The average molecular weight is 261 g/mol. The molecule has 1 aromatic rings. The average Bonchev–Trinajstić information content (AvgIpc) is 2.70. The SMILES string of the molecule is CCCCOc1ccc(C[C@H]2CC(=O)NC2=O)cc1. The number of amides is 2. The number of hydrogen-bond donors (Lipinski definition) is 1. The van der Waals surface area contributed by atoms with Crippen LogP contribution in [0, 0.1) is 5.92 Å². The second kappa shape index (κ2) is 6.36. The van der Waals surface area contributed by atoms with Crippen LogP contribution in [-0.4, -0.2) is 18.4 Å². The van der Waals surface area contributed by atoms with Crippen molar-refractivity contribution < 1.29 is 14.3 Å². The summed E-state index contributed by atoms with van der Waals surface area (Å²) in [5, 5.41) is 2.33. The molecule has 2 amide bonds. The highest BCUT2D eigenvalue weighted by atomic mass is 16.5. The zero-order valence-corrected chi connectivity index (χ0v) is 11.1. The third-order valence-electron chi connectivity index (χ3n) is 3.24. The molecular weight excluding hydrogens is 242 g/mol. The molecule has 0 unspecified atom stereocenters. The number of unbranched alkanes of at least 4 members (excludes halogenated alkanes) is 1. The largest absolute Gasteiger partial charge is 0.494 e. The summed E-state index contributed by atoms with van der Waals surface area (Å²) in [6.45, 7) is 2.86. The Kier molecular flexibility index (Phi) is 4.55. The van der Waals surface area contributed by atoms with E-state index in [0.717, 1.165) is 30.8 Å². The second-order valence-corrected chi connectivity index (χ2v) is 4.86. The van der Waals surface area contributed by atoms with E-state index in [1.807, 2.05) is 24.3 Å². The van der Waals surface area contributed by atoms with Crippen molar-refractivity contribution in [2.45, 2.75) is 32.6 Å². The van der Waals surface area contributed by atoms with Crippen LogP contribution in [0.1, 0.15) is 31.7 Å². The standard InChI is InChI=1S/C15H19NO3/c1-2-3-8-19-13-6-4-11(5-7-13)9-12-10-14(17)16-15(12)18/h4-7,12H,2-3,8-10H2,1H3,(H,16,17,18)/t12-/m0/s1. The molecule has 1 aliphatic heterocycles. The van der Waals surface area contributed by atoms with Crippen LogP contribution in [0.25, 0.3) is 0 Å². The number of imide groups is 1. The fraction of sp³-hybridized carbons (Fsp3) is 0.467. The third-order valence-corrected chi connectivity index (χ3v) is 3.24. The second-order valence-electron chi connectivity index (χ2n) is 4.86. The summed E-state index contributed by atoms with van der Waals surface area (Å²) in [4.78, 5) is 22.6. The van der Waals surface area contributed by atoms with Gasteiger partial charge in [0, 0.05) is 6.42 Å². The number of ether oxygens (including phenoxy) is 1. The molecule has 2 rings (SSSR count). The Labute approximate surface area is 113 Å². The van der Waals surface area contributed by atoms with Crippen LogP contribution < -0.4 is 10.1 Å². The van der Waals surface area contributed by atoms with Gasteiger partial charge in [-0.05, 0) is 30.5 Å². The Morgan fingerprint density at radius 1 is 1.26 bits per heavy atom. The number of hydrogen-bond acceptors (Lipinski definition) is 3. The van der Waals surface area contributed by atoms with Gasteiger partial charge in [0.25, 0.3) is 0 Å². The lowest BCUT2D eigenvalue weighted by molar-refractivity contribution is -0.125. The number of carbonyl (C=O) groups is 2. The lowest BCUT2D eigenvalue weighted by Gasteiger charge is -2.08. The monoisotopic (exact) mass is 261 g/mol. The fourth-order valence-electron chi connectivity index (χ4n) is 2.11. The van der Waals surface area contributed by atoms with Crippen molar-refractivity contribution in [3.63, 3.8) is 0 Å². The third kappa shape index (κ3) is 3.81. The van der Waals surface area contributed by atoms with E-state index in [2.05, 4.69) is 12.2 Å². The molecule has 0 aromatic heterocycles. The van der Waals surface area contributed by atoms with Crippen molar-refractivity contribution in [3.05, 3.63) is 29.8 Å². The summed E-state index contributed by atoms with van der Waals surface area (Å²) < 4.78 is 5.58. The molecule has 1 fully saturated rings. The highest BCUT2D eigenvalue weighted by molar-refractivity contribution is 6.03. The Morgan fingerprint density at radius 2 is 2.00 bits per heavy atom.